The van der Waals surface area contributed by atoms with Crippen molar-refractivity contribution in [2.24, 2.45) is 5.73 Å². The van der Waals surface area contributed by atoms with Crippen molar-refractivity contribution in [3.05, 3.63) is 23.8 Å². The van der Waals surface area contributed by atoms with Gasteiger partial charge in [-0.1, -0.05) is 6.92 Å². The molecule has 5 nitrogen and oxygen atoms in total. The molecule has 0 heterocycles. The summed E-state index contributed by atoms with van der Waals surface area (Å²) in [4.78, 5) is 21.9. The number of nitrogens with two attached hydrogens (primary N) is 2. The van der Waals surface area contributed by atoms with Gasteiger partial charge in [0.1, 0.15) is 5.75 Å². The number of ether oxygens (including phenoxy) is 1. The van der Waals surface area contributed by atoms with Gasteiger partial charge in [0, 0.05) is 12.0 Å². The van der Waals surface area contributed by atoms with Crippen LogP contribution in [0.1, 0.15) is 23.7 Å². The molecule has 4 N–H and O–H groups in total. The molecule has 5 heteroatoms. The van der Waals surface area contributed by atoms with Crippen LogP contribution in [-0.2, 0) is 4.79 Å². The van der Waals surface area contributed by atoms with Gasteiger partial charge in [-0.15, -0.1) is 0 Å². The van der Waals surface area contributed by atoms with Crippen molar-refractivity contribution in [1.29, 1.82) is 0 Å². The lowest BCUT2D eigenvalue weighted by molar-refractivity contribution is -0.119. The van der Waals surface area contributed by atoms with E-state index in [1.54, 1.807) is 19.1 Å². The maximum atomic E-state index is 11.4. The molecule has 1 amide bonds. The van der Waals surface area contributed by atoms with Gasteiger partial charge >= 0.3 is 0 Å². The molecule has 0 radical (unpaired) electrons. The lowest BCUT2D eigenvalue weighted by atomic mass is 10.1. The summed E-state index contributed by atoms with van der Waals surface area (Å²) in [7, 11) is 0. The van der Waals surface area contributed by atoms with Crippen LogP contribution in [0.2, 0.25) is 0 Å². The van der Waals surface area contributed by atoms with Gasteiger partial charge < -0.3 is 16.2 Å². The largest absolute Gasteiger partial charge is 0.482 e. The lowest BCUT2D eigenvalue weighted by Gasteiger charge is -2.08. The molecule has 0 aliphatic rings. The summed E-state index contributed by atoms with van der Waals surface area (Å²) in [5, 5.41) is 0. The number of Topliss-reactive ketones (excluding diaryl/α,β-unsaturated/α-hetero) is 1. The third-order valence-electron chi connectivity index (χ3n) is 2.02. The number of benzene rings is 1. The molecule has 0 aliphatic carbocycles. The molecule has 1 aromatic carbocycles. The molecule has 0 bridgehead atoms. The van der Waals surface area contributed by atoms with E-state index in [0.717, 1.165) is 0 Å². The first-order valence-corrected chi connectivity index (χ1v) is 4.88. The molecule has 1 rings (SSSR count). The number of carbonyl (C=O) groups is 2. The minimum atomic E-state index is -0.576. The highest BCUT2D eigenvalue weighted by Crippen LogP contribution is 2.23. The molecule has 16 heavy (non-hydrogen) atoms. The Morgan fingerprint density at radius 1 is 1.38 bits per heavy atom. The second-order valence-corrected chi connectivity index (χ2v) is 3.28. The van der Waals surface area contributed by atoms with E-state index in [2.05, 4.69) is 0 Å². The molecule has 86 valence electrons. The molecule has 1 aromatic rings. The number of anilines is 1. The Labute approximate surface area is 93.4 Å². The van der Waals surface area contributed by atoms with Crippen LogP contribution in [0.5, 0.6) is 5.75 Å². The highest BCUT2D eigenvalue weighted by Gasteiger charge is 2.07. The highest BCUT2D eigenvalue weighted by atomic mass is 16.5. The van der Waals surface area contributed by atoms with Crippen molar-refractivity contribution in [2.45, 2.75) is 13.3 Å². The zero-order chi connectivity index (χ0) is 12.1. The molecule has 0 spiro atoms. The highest BCUT2D eigenvalue weighted by molar-refractivity contribution is 5.97. The Balaban J connectivity index is 2.83. The second kappa shape index (κ2) is 5.16. The van der Waals surface area contributed by atoms with Crippen LogP contribution in [-0.4, -0.2) is 18.3 Å². The maximum absolute atomic E-state index is 11.4. The van der Waals surface area contributed by atoms with E-state index in [-0.39, 0.29) is 12.4 Å². The average molecular weight is 222 g/mol. The van der Waals surface area contributed by atoms with E-state index in [0.29, 0.717) is 23.4 Å². The third-order valence-corrected chi connectivity index (χ3v) is 2.02. The van der Waals surface area contributed by atoms with Crippen molar-refractivity contribution in [3.8, 4) is 5.75 Å². The first kappa shape index (κ1) is 12.0. The summed E-state index contributed by atoms with van der Waals surface area (Å²) < 4.78 is 5.06. The number of primary amides is 1. The van der Waals surface area contributed by atoms with Gasteiger partial charge in [-0.3, -0.25) is 9.59 Å². The number of ketones is 1. The summed E-state index contributed by atoms with van der Waals surface area (Å²) >= 11 is 0. The minimum Gasteiger partial charge on any atom is -0.482 e. The van der Waals surface area contributed by atoms with Crippen molar-refractivity contribution >= 4 is 17.4 Å². The van der Waals surface area contributed by atoms with E-state index in [1.807, 2.05) is 0 Å². The Morgan fingerprint density at radius 3 is 2.56 bits per heavy atom. The first-order chi connectivity index (χ1) is 7.54. The Bertz CT molecular complexity index is 416. The third kappa shape index (κ3) is 2.98. The molecular weight excluding hydrogens is 208 g/mol. The fraction of sp³-hybridized carbons (Fsp3) is 0.273. The van der Waals surface area contributed by atoms with Gasteiger partial charge in [-0.2, -0.15) is 0 Å². The van der Waals surface area contributed by atoms with E-state index in [9.17, 15) is 9.59 Å². The van der Waals surface area contributed by atoms with Gasteiger partial charge in [0.2, 0.25) is 0 Å². The number of nitrogen functional groups attached to an aromatic ring is 1. The predicted octanol–water partition coefficient (Wildman–Crippen LogP) is 0.726. The zero-order valence-electron chi connectivity index (χ0n) is 9.03. The van der Waals surface area contributed by atoms with E-state index >= 15 is 0 Å². The standard InChI is InChI=1S/C11H14N2O3/c1-2-9(14)7-3-4-10(8(12)5-7)16-6-11(13)15/h3-5H,2,6,12H2,1H3,(H2,13,15). The van der Waals surface area contributed by atoms with Crippen molar-refractivity contribution in [3.63, 3.8) is 0 Å². The van der Waals surface area contributed by atoms with Crippen molar-refractivity contribution in [2.75, 3.05) is 12.3 Å². The molecule has 0 unspecified atom stereocenters. The number of hydrogen-bond donors (Lipinski definition) is 2. The van der Waals surface area contributed by atoms with Crippen LogP contribution >= 0.6 is 0 Å². The minimum absolute atomic E-state index is 0.00755. The maximum Gasteiger partial charge on any atom is 0.255 e. The van der Waals surface area contributed by atoms with Gasteiger partial charge in [-0.05, 0) is 18.2 Å². The molecule has 0 aliphatic heterocycles. The lowest BCUT2D eigenvalue weighted by Crippen LogP contribution is -2.20. The van der Waals surface area contributed by atoms with Gasteiger partial charge in [0.25, 0.3) is 5.91 Å². The Hall–Kier alpha value is -2.04. The van der Waals surface area contributed by atoms with Gasteiger partial charge in [0.15, 0.2) is 12.4 Å². The van der Waals surface area contributed by atoms with Crippen LogP contribution in [0.4, 0.5) is 5.69 Å². The molecule has 0 atom stereocenters. The fourth-order valence-corrected chi connectivity index (χ4v) is 1.21. The van der Waals surface area contributed by atoms with Crippen LogP contribution < -0.4 is 16.2 Å². The van der Waals surface area contributed by atoms with Crippen LogP contribution in [0.15, 0.2) is 18.2 Å². The monoisotopic (exact) mass is 222 g/mol. The van der Waals surface area contributed by atoms with E-state index in [4.69, 9.17) is 16.2 Å². The van der Waals surface area contributed by atoms with Gasteiger partial charge in [0.05, 0.1) is 5.69 Å². The Kier molecular flexibility index (Phi) is 3.88. The topological polar surface area (TPSA) is 95.4 Å². The van der Waals surface area contributed by atoms with Crippen molar-refractivity contribution in [1.82, 2.24) is 0 Å². The fourth-order valence-electron chi connectivity index (χ4n) is 1.21. The molecule has 0 saturated carbocycles. The summed E-state index contributed by atoms with van der Waals surface area (Å²) in [5.74, 6) is -0.215. The zero-order valence-corrected chi connectivity index (χ0v) is 9.03. The van der Waals surface area contributed by atoms with E-state index in [1.165, 1.54) is 6.07 Å². The molecule has 0 aromatic heterocycles. The molecule has 0 saturated heterocycles. The van der Waals surface area contributed by atoms with Crippen LogP contribution in [0.3, 0.4) is 0 Å². The summed E-state index contributed by atoms with van der Waals surface area (Å²) in [6, 6.07) is 4.70. The predicted molar refractivity (Wildman–Crippen MR) is 60.2 cm³/mol. The smallest absolute Gasteiger partial charge is 0.255 e. The summed E-state index contributed by atoms with van der Waals surface area (Å²) in [5.41, 5.74) is 11.5. The van der Waals surface area contributed by atoms with Gasteiger partial charge in [-0.25, -0.2) is 0 Å². The second-order valence-electron chi connectivity index (χ2n) is 3.28. The first-order valence-electron chi connectivity index (χ1n) is 4.88. The number of rotatable bonds is 5. The summed E-state index contributed by atoms with van der Waals surface area (Å²) in [6.45, 7) is 1.54. The van der Waals surface area contributed by atoms with Crippen LogP contribution in [0, 0.1) is 0 Å². The quantitative estimate of drug-likeness (QED) is 0.567. The average Bonchev–Trinajstić information content (AvgIpc) is 2.26. The number of amides is 1. The Morgan fingerprint density at radius 2 is 2.06 bits per heavy atom. The molecule has 0 fully saturated rings. The SMILES string of the molecule is CCC(=O)c1ccc(OCC(N)=O)c(N)c1. The van der Waals surface area contributed by atoms with Crippen molar-refractivity contribution < 1.29 is 14.3 Å². The normalized spacial score (nSPS) is 9.81. The number of hydrogen-bond acceptors (Lipinski definition) is 4. The number of carbonyl (C=O) groups excluding carboxylic acids is 2. The van der Waals surface area contributed by atoms with Crippen LogP contribution in [0.25, 0.3) is 0 Å². The molecular formula is C11H14N2O3. The van der Waals surface area contributed by atoms with E-state index < -0.39 is 5.91 Å². The summed E-state index contributed by atoms with van der Waals surface area (Å²) in [6.07, 6.45) is 0.418.